The van der Waals surface area contributed by atoms with Gasteiger partial charge in [0.1, 0.15) is 11.3 Å². The predicted octanol–water partition coefficient (Wildman–Crippen LogP) is 5.30. The Morgan fingerprint density at radius 1 is 1.15 bits per heavy atom. The highest BCUT2D eigenvalue weighted by atomic mass is 35.5. The molecule has 1 heterocycles. The lowest BCUT2D eigenvalue weighted by molar-refractivity contribution is -0.111. The Labute approximate surface area is 161 Å². The van der Waals surface area contributed by atoms with Crippen molar-refractivity contribution >= 4 is 46.2 Å². The van der Waals surface area contributed by atoms with Crippen LogP contribution < -0.4 is 5.32 Å². The summed E-state index contributed by atoms with van der Waals surface area (Å²) in [6, 6.07) is 13.7. The van der Waals surface area contributed by atoms with Crippen LogP contribution in [-0.4, -0.2) is 18.5 Å². The number of carbonyl (C=O) groups is 2. The first-order valence-electron chi connectivity index (χ1n) is 8.50. The molecule has 27 heavy (non-hydrogen) atoms. The van der Waals surface area contributed by atoms with Gasteiger partial charge in [0, 0.05) is 22.2 Å². The standard InChI is InChI=1S/C21H18ClNO4/c1-2-11-26-21(25)14-3-6-17(7-4-14)23-20(24)10-8-18-13-15-12-16(22)5-9-19(15)27-18/h3-10,12-13H,2,11H2,1H3,(H,23,24)/b10-8+. The molecule has 6 heteroatoms. The van der Waals surface area contributed by atoms with Gasteiger partial charge in [-0.05, 0) is 61.0 Å². The third-order valence-electron chi connectivity index (χ3n) is 3.72. The Hall–Kier alpha value is -3.05. The van der Waals surface area contributed by atoms with Gasteiger partial charge in [-0.25, -0.2) is 4.79 Å². The zero-order valence-electron chi connectivity index (χ0n) is 14.7. The monoisotopic (exact) mass is 383 g/mol. The Morgan fingerprint density at radius 3 is 2.67 bits per heavy atom. The molecular weight excluding hydrogens is 366 g/mol. The molecule has 138 valence electrons. The van der Waals surface area contributed by atoms with E-state index in [0.717, 1.165) is 11.8 Å². The summed E-state index contributed by atoms with van der Waals surface area (Å²) in [6.45, 7) is 2.32. The van der Waals surface area contributed by atoms with Crippen LogP contribution in [0.15, 0.2) is 59.0 Å². The number of furan rings is 1. The summed E-state index contributed by atoms with van der Waals surface area (Å²) < 4.78 is 10.7. The normalized spacial score (nSPS) is 11.0. The number of amides is 1. The molecule has 0 bridgehead atoms. The summed E-state index contributed by atoms with van der Waals surface area (Å²) in [5, 5.41) is 4.22. The van der Waals surface area contributed by atoms with Crippen LogP contribution in [0.2, 0.25) is 5.02 Å². The fraction of sp³-hybridized carbons (Fsp3) is 0.143. The first-order valence-corrected chi connectivity index (χ1v) is 8.88. The second kappa shape index (κ2) is 8.56. The van der Waals surface area contributed by atoms with Gasteiger partial charge in [-0.15, -0.1) is 0 Å². The van der Waals surface area contributed by atoms with Crippen molar-refractivity contribution in [2.24, 2.45) is 0 Å². The molecule has 0 aliphatic rings. The molecule has 5 nitrogen and oxygen atoms in total. The molecule has 0 aliphatic carbocycles. The third-order valence-corrected chi connectivity index (χ3v) is 3.96. The molecule has 0 unspecified atom stereocenters. The molecule has 0 radical (unpaired) electrons. The molecule has 1 aromatic heterocycles. The highest BCUT2D eigenvalue weighted by molar-refractivity contribution is 6.31. The molecule has 0 atom stereocenters. The Bertz CT molecular complexity index is 989. The summed E-state index contributed by atoms with van der Waals surface area (Å²) >= 11 is 5.95. The second-order valence-corrected chi connectivity index (χ2v) is 6.30. The first-order chi connectivity index (χ1) is 13.0. The topological polar surface area (TPSA) is 68.5 Å². The molecule has 3 aromatic rings. The van der Waals surface area contributed by atoms with Crippen LogP contribution in [0.3, 0.4) is 0 Å². The fourth-order valence-electron chi connectivity index (χ4n) is 2.43. The third kappa shape index (κ3) is 4.99. The van der Waals surface area contributed by atoms with E-state index in [1.165, 1.54) is 6.08 Å². The molecule has 0 aliphatic heterocycles. The van der Waals surface area contributed by atoms with Crippen molar-refractivity contribution in [3.05, 3.63) is 71.0 Å². The van der Waals surface area contributed by atoms with Crippen molar-refractivity contribution in [3.8, 4) is 0 Å². The maximum absolute atomic E-state index is 12.1. The molecule has 0 saturated carbocycles. The van der Waals surface area contributed by atoms with E-state index in [1.54, 1.807) is 48.5 Å². The number of benzene rings is 2. The van der Waals surface area contributed by atoms with Crippen molar-refractivity contribution in [1.29, 1.82) is 0 Å². The highest BCUT2D eigenvalue weighted by Crippen LogP contribution is 2.23. The minimum Gasteiger partial charge on any atom is -0.462 e. The van der Waals surface area contributed by atoms with Gasteiger partial charge < -0.3 is 14.5 Å². The van der Waals surface area contributed by atoms with E-state index < -0.39 is 0 Å². The molecular formula is C21H18ClNO4. The Morgan fingerprint density at radius 2 is 1.93 bits per heavy atom. The first kappa shape index (κ1) is 18.7. The van der Waals surface area contributed by atoms with Gasteiger partial charge in [-0.2, -0.15) is 0 Å². The van der Waals surface area contributed by atoms with Gasteiger partial charge in [-0.1, -0.05) is 18.5 Å². The molecule has 0 saturated heterocycles. The predicted molar refractivity (Wildman–Crippen MR) is 106 cm³/mol. The van der Waals surface area contributed by atoms with Gasteiger partial charge in [0.25, 0.3) is 0 Å². The van der Waals surface area contributed by atoms with Gasteiger partial charge in [0.2, 0.25) is 5.91 Å². The SMILES string of the molecule is CCCOC(=O)c1ccc(NC(=O)/C=C/c2cc3cc(Cl)ccc3o2)cc1. The number of fused-ring (bicyclic) bond motifs is 1. The molecule has 0 spiro atoms. The Kier molecular flexibility index (Phi) is 5.94. The number of esters is 1. The van der Waals surface area contributed by atoms with E-state index >= 15 is 0 Å². The molecule has 1 amide bonds. The summed E-state index contributed by atoms with van der Waals surface area (Å²) in [5.41, 5.74) is 1.72. The van der Waals surface area contributed by atoms with Crippen molar-refractivity contribution < 1.29 is 18.7 Å². The van der Waals surface area contributed by atoms with E-state index in [0.29, 0.717) is 34.2 Å². The summed E-state index contributed by atoms with van der Waals surface area (Å²) in [5.74, 6) is -0.133. The van der Waals surface area contributed by atoms with Crippen molar-refractivity contribution in [2.75, 3.05) is 11.9 Å². The molecule has 0 fully saturated rings. The zero-order chi connectivity index (χ0) is 19.2. The zero-order valence-corrected chi connectivity index (χ0v) is 15.5. The van der Waals surface area contributed by atoms with Crippen molar-refractivity contribution in [1.82, 2.24) is 0 Å². The van der Waals surface area contributed by atoms with E-state index in [1.807, 2.05) is 13.0 Å². The van der Waals surface area contributed by atoms with Crippen LogP contribution in [0.25, 0.3) is 17.0 Å². The van der Waals surface area contributed by atoms with Gasteiger partial charge in [0.05, 0.1) is 12.2 Å². The van der Waals surface area contributed by atoms with Gasteiger partial charge >= 0.3 is 5.97 Å². The van der Waals surface area contributed by atoms with E-state index in [9.17, 15) is 9.59 Å². The summed E-state index contributed by atoms with van der Waals surface area (Å²) in [4.78, 5) is 23.8. The largest absolute Gasteiger partial charge is 0.462 e. The van der Waals surface area contributed by atoms with Crippen LogP contribution in [0, 0.1) is 0 Å². The molecule has 1 N–H and O–H groups in total. The summed E-state index contributed by atoms with van der Waals surface area (Å²) in [6.07, 6.45) is 3.73. The number of anilines is 1. The minimum atomic E-state index is -0.375. The molecule has 2 aromatic carbocycles. The smallest absolute Gasteiger partial charge is 0.338 e. The number of rotatable bonds is 6. The maximum atomic E-state index is 12.1. The van der Waals surface area contributed by atoms with E-state index in [4.69, 9.17) is 20.8 Å². The van der Waals surface area contributed by atoms with Gasteiger partial charge in [-0.3, -0.25) is 4.79 Å². The van der Waals surface area contributed by atoms with Crippen molar-refractivity contribution in [3.63, 3.8) is 0 Å². The number of halogens is 1. The number of nitrogens with one attached hydrogen (secondary N) is 1. The lowest BCUT2D eigenvalue weighted by atomic mass is 10.2. The number of hydrogen-bond acceptors (Lipinski definition) is 4. The fourth-order valence-corrected chi connectivity index (χ4v) is 2.61. The van der Waals surface area contributed by atoms with Crippen LogP contribution in [-0.2, 0) is 9.53 Å². The average molecular weight is 384 g/mol. The maximum Gasteiger partial charge on any atom is 0.338 e. The average Bonchev–Trinajstić information content (AvgIpc) is 3.07. The van der Waals surface area contributed by atoms with E-state index in [-0.39, 0.29) is 11.9 Å². The lowest BCUT2D eigenvalue weighted by Gasteiger charge is -2.05. The number of hydrogen-bond donors (Lipinski definition) is 1. The van der Waals surface area contributed by atoms with Crippen LogP contribution in [0.5, 0.6) is 0 Å². The van der Waals surface area contributed by atoms with Crippen LogP contribution in [0.4, 0.5) is 5.69 Å². The second-order valence-electron chi connectivity index (χ2n) is 5.87. The Balaban J connectivity index is 1.61. The highest BCUT2D eigenvalue weighted by Gasteiger charge is 2.07. The summed E-state index contributed by atoms with van der Waals surface area (Å²) in [7, 11) is 0. The van der Waals surface area contributed by atoms with E-state index in [2.05, 4.69) is 5.32 Å². The van der Waals surface area contributed by atoms with Crippen LogP contribution >= 0.6 is 11.6 Å². The van der Waals surface area contributed by atoms with Gasteiger partial charge in [0.15, 0.2) is 0 Å². The number of ether oxygens (including phenoxy) is 1. The quantitative estimate of drug-likeness (QED) is 0.463. The molecule has 3 rings (SSSR count). The lowest BCUT2D eigenvalue weighted by Crippen LogP contribution is -2.09. The van der Waals surface area contributed by atoms with Crippen molar-refractivity contribution in [2.45, 2.75) is 13.3 Å². The minimum absolute atomic E-state index is 0.310. The van der Waals surface area contributed by atoms with Crippen LogP contribution in [0.1, 0.15) is 29.5 Å². The number of carbonyl (C=O) groups excluding carboxylic acids is 2.